The Bertz CT molecular complexity index is 455. The fraction of sp³-hybridized carbons (Fsp3) is 0.333. The topological polar surface area (TPSA) is 57.6 Å². The van der Waals surface area contributed by atoms with Gasteiger partial charge in [-0.15, -0.1) is 0 Å². The molecule has 5 heteroatoms. The first-order chi connectivity index (χ1) is 8.06. The lowest BCUT2D eigenvalue weighted by Gasteiger charge is -2.38. The largest absolute Gasteiger partial charge is 0.481 e. The summed E-state index contributed by atoms with van der Waals surface area (Å²) in [5, 5.41) is 8.62. The van der Waals surface area contributed by atoms with E-state index >= 15 is 0 Å². The van der Waals surface area contributed by atoms with Crippen molar-refractivity contribution < 1.29 is 14.7 Å². The number of aliphatic carboxylic acids is 1. The van der Waals surface area contributed by atoms with Gasteiger partial charge in [-0.25, -0.2) is 0 Å². The second kappa shape index (κ2) is 4.87. The molecule has 0 unspecified atom stereocenters. The van der Waals surface area contributed by atoms with Gasteiger partial charge in [0.1, 0.15) is 0 Å². The number of nitrogens with zero attached hydrogens (tertiary/aromatic N) is 1. The molecule has 1 aliphatic rings. The third-order valence-electron chi connectivity index (χ3n) is 2.78. The molecule has 17 heavy (non-hydrogen) atoms. The molecule has 0 radical (unpaired) electrons. The summed E-state index contributed by atoms with van der Waals surface area (Å²) in [5.41, 5.74) is 0.633. The molecular formula is C12H12BrNO3. The number of likely N-dealkylation sites (tertiary alicyclic amines) is 1. The Balaban J connectivity index is 1.93. The SMILES string of the molecule is O=C(O)CC1CN(C(=O)c2cccc(Br)c2)C1. The Morgan fingerprint density at radius 1 is 1.41 bits per heavy atom. The lowest BCUT2D eigenvalue weighted by molar-refractivity contribution is -0.139. The maximum atomic E-state index is 12.0. The van der Waals surface area contributed by atoms with Crippen molar-refractivity contribution >= 4 is 27.8 Å². The summed E-state index contributed by atoms with van der Waals surface area (Å²) in [7, 11) is 0. The molecule has 0 spiro atoms. The highest BCUT2D eigenvalue weighted by Crippen LogP contribution is 2.22. The van der Waals surface area contributed by atoms with E-state index in [0.717, 1.165) is 4.47 Å². The zero-order valence-corrected chi connectivity index (χ0v) is 10.7. The Hall–Kier alpha value is -1.36. The van der Waals surface area contributed by atoms with E-state index in [-0.39, 0.29) is 18.2 Å². The first kappa shape index (κ1) is 12.1. The number of rotatable bonds is 3. The predicted molar refractivity (Wildman–Crippen MR) is 65.8 cm³/mol. The van der Waals surface area contributed by atoms with Crippen LogP contribution in [0.3, 0.4) is 0 Å². The van der Waals surface area contributed by atoms with Crippen LogP contribution < -0.4 is 0 Å². The van der Waals surface area contributed by atoms with Crippen LogP contribution in [0.5, 0.6) is 0 Å². The first-order valence-electron chi connectivity index (χ1n) is 5.33. The third-order valence-corrected chi connectivity index (χ3v) is 3.27. The minimum absolute atomic E-state index is 0.0343. The maximum Gasteiger partial charge on any atom is 0.303 e. The predicted octanol–water partition coefficient (Wildman–Crippen LogP) is 2.00. The number of amides is 1. The summed E-state index contributed by atoms with van der Waals surface area (Å²) >= 11 is 3.32. The van der Waals surface area contributed by atoms with Crippen molar-refractivity contribution in [3.63, 3.8) is 0 Å². The van der Waals surface area contributed by atoms with Gasteiger partial charge in [0, 0.05) is 29.0 Å². The molecule has 0 saturated carbocycles. The molecule has 1 aromatic rings. The van der Waals surface area contributed by atoms with Crippen LogP contribution in [0, 0.1) is 5.92 Å². The number of carbonyl (C=O) groups is 2. The van der Waals surface area contributed by atoms with Crippen LogP contribution in [0.25, 0.3) is 0 Å². The van der Waals surface area contributed by atoms with Crippen molar-refractivity contribution in [2.45, 2.75) is 6.42 Å². The zero-order valence-electron chi connectivity index (χ0n) is 9.10. The zero-order chi connectivity index (χ0) is 12.4. The van der Waals surface area contributed by atoms with Gasteiger partial charge in [0.15, 0.2) is 0 Å². The summed E-state index contributed by atoms with van der Waals surface area (Å²) in [6.07, 6.45) is 0.141. The molecule has 1 N–H and O–H groups in total. The number of carbonyl (C=O) groups excluding carboxylic acids is 1. The van der Waals surface area contributed by atoms with Crippen LogP contribution in [-0.4, -0.2) is 35.0 Å². The average Bonchev–Trinajstić information content (AvgIpc) is 2.21. The third kappa shape index (κ3) is 2.85. The molecule has 1 amide bonds. The molecule has 1 aromatic carbocycles. The summed E-state index contributed by atoms with van der Waals surface area (Å²) in [6, 6.07) is 7.20. The molecular weight excluding hydrogens is 286 g/mol. The van der Waals surface area contributed by atoms with Gasteiger partial charge in [0.2, 0.25) is 0 Å². The second-order valence-corrected chi connectivity index (χ2v) is 5.10. The van der Waals surface area contributed by atoms with Gasteiger partial charge in [-0.05, 0) is 18.2 Å². The molecule has 0 bridgehead atoms. The van der Waals surface area contributed by atoms with E-state index in [4.69, 9.17) is 5.11 Å². The molecule has 90 valence electrons. The Morgan fingerprint density at radius 2 is 2.12 bits per heavy atom. The molecule has 1 fully saturated rings. The minimum atomic E-state index is -0.801. The van der Waals surface area contributed by atoms with Crippen LogP contribution in [0.1, 0.15) is 16.8 Å². The van der Waals surface area contributed by atoms with E-state index < -0.39 is 5.97 Å². The molecule has 1 aliphatic heterocycles. The monoisotopic (exact) mass is 297 g/mol. The van der Waals surface area contributed by atoms with Crippen LogP contribution in [0.4, 0.5) is 0 Å². The normalized spacial score (nSPS) is 15.5. The van der Waals surface area contributed by atoms with E-state index in [1.807, 2.05) is 12.1 Å². The molecule has 1 saturated heterocycles. The number of carboxylic acids is 1. The van der Waals surface area contributed by atoms with E-state index in [9.17, 15) is 9.59 Å². The minimum Gasteiger partial charge on any atom is -0.481 e. The molecule has 2 rings (SSSR count). The van der Waals surface area contributed by atoms with Gasteiger partial charge < -0.3 is 10.0 Å². The second-order valence-electron chi connectivity index (χ2n) is 4.18. The highest BCUT2D eigenvalue weighted by molar-refractivity contribution is 9.10. The maximum absolute atomic E-state index is 12.0. The van der Waals surface area contributed by atoms with Crippen molar-refractivity contribution in [1.29, 1.82) is 0 Å². The lowest BCUT2D eigenvalue weighted by atomic mass is 9.95. The highest BCUT2D eigenvalue weighted by Gasteiger charge is 2.32. The molecule has 0 aliphatic carbocycles. The van der Waals surface area contributed by atoms with Gasteiger partial charge in [0.25, 0.3) is 5.91 Å². The molecule has 0 aromatic heterocycles. The molecule has 0 atom stereocenters. The summed E-state index contributed by atoms with van der Waals surface area (Å²) in [4.78, 5) is 24.1. The average molecular weight is 298 g/mol. The summed E-state index contributed by atoms with van der Waals surface area (Å²) in [6.45, 7) is 1.08. The van der Waals surface area contributed by atoms with Gasteiger partial charge >= 0.3 is 5.97 Å². The van der Waals surface area contributed by atoms with Crippen molar-refractivity contribution in [3.8, 4) is 0 Å². The van der Waals surface area contributed by atoms with Crippen LogP contribution in [-0.2, 0) is 4.79 Å². The number of halogens is 1. The van der Waals surface area contributed by atoms with Crippen molar-refractivity contribution in [1.82, 2.24) is 4.90 Å². The smallest absolute Gasteiger partial charge is 0.303 e. The van der Waals surface area contributed by atoms with Crippen molar-refractivity contribution in [2.24, 2.45) is 5.92 Å². The number of carboxylic acid groups (broad SMARTS) is 1. The van der Waals surface area contributed by atoms with E-state index in [1.165, 1.54) is 0 Å². The van der Waals surface area contributed by atoms with Crippen LogP contribution >= 0.6 is 15.9 Å². The number of hydrogen-bond donors (Lipinski definition) is 1. The van der Waals surface area contributed by atoms with Gasteiger partial charge in [0.05, 0.1) is 6.42 Å². The van der Waals surface area contributed by atoms with Crippen molar-refractivity contribution in [3.05, 3.63) is 34.3 Å². The highest BCUT2D eigenvalue weighted by atomic mass is 79.9. The first-order valence-corrected chi connectivity index (χ1v) is 6.12. The van der Waals surface area contributed by atoms with Gasteiger partial charge in [-0.3, -0.25) is 9.59 Å². The Labute approximate surface area is 107 Å². The van der Waals surface area contributed by atoms with Crippen LogP contribution in [0.2, 0.25) is 0 Å². The van der Waals surface area contributed by atoms with Gasteiger partial charge in [-0.1, -0.05) is 22.0 Å². The summed E-state index contributed by atoms with van der Waals surface area (Å²) in [5.74, 6) is -0.735. The fourth-order valence-electron chi connectivity index (χ4n) is 1.92. The van der Waals surface area contributed by atoms with E-state index in [0.29, 0.717) is 18.7 Å². The fourth-order valence-corrected chi connectivity index (χ4v) is 2.32. The standard InChI is InChI=1S/C12H12BrNO3/c13-10-3-1-2-9(5-10)12(17)14-6-8(7-14)4-11(15)16/h1-3,5,8H,4,6-7H2,(H,15,16). The van der Waals surface area contributed by atoms with Crippen molar-refractivity contribution in [2.75, 3.05) is 13.1 Å². The van der Waals surface area contributed by atoms with Gasteiger partial charge in [-0.2, -0.15) is 0 Å². The Morgan fingerprint density at radius 3 is 2.71 bits per heavy atom. The summed E-state index contributed by atoms with van der Waals surface area (Å²) < 4.78 is 0.867. The van der Waals surface area contributed by atoms with E-state index in [1.54, 1.807) is 17.0 Å². The quantitative estimate of drug-likeness (QED) is 0.928. The molecule has 1 heterocycles. The lowest BCUT2D eigenvalue weighted by Crippen LogP contribution is -2.50. The van der Waals surface area contributed by atoms with Crippen LogP contribution in [0.15, 0.2) is 28.7 Å². The van der Waals surface area contributed by atoms with E-state index in [2.05, 4.69) is 15.9 Å². The molecule has 4 nitrogen and oxygen atoms in total. The number of benzene rings is 1. The Kier molecular flexibility index (Phi) is 3.47. The number of hydrogen-bond acceptors (Lipinski definition) is 2.